The van der Waals surface area contributed by atoms with Crippen molar-refractivity contribution in [2.75, 3.05) is 19.7 Å². The van der Waals surface area contributed by atoms with E-state index in [0.717, 1.165) is 0 Å². The maximum atomic E-state index is 11.5. The number of alkyl halides is 3. The van der Waals surface area contributed by atoms with Crippen LogP contribution in [0, 0.1) is 0 Å². The summed E-state index contributed by atoms with van der Waals surface area (Å²) in [6, 6.07) is -1.05. The van der Waals surface area contributed by atoms with E-state index in [9.17, 15) is 18.0 Å². The summed E-state index contributed by atoms with van der Waals surface area (Å²) in [5.74, 6) is 0. The largest absolute Gasteiger partial charge is 0.405 e. The lowest BCUT2D eigenvalue weighted by atomic mass is 10.4. The van der Waals surface area contributed by atoms with Gasteiger partial charge in [-0.15, -0.1) is 0 Å². The molecule has 0 bridgehead atoms. The van der Waals surface area contributed by atoms with E-state index in [2.05, 4.69) is 0 Å². The van der Waals surface area contributed by atoms with E-state index < -0.39 is 31.5 Å². The Morgan fingerprint density at radius 2 is 1.93 bits per heavy atom. The van der Waals surface area contributed by atoms with Crippen molar-refractivity contribution in [3.05, 3.63) is 0 Å². The molecule has 1 atom stereocenters. The molecule has 0 aromatic heterocycles. The fourth-order valence-corrected chi connectivity index (χ4v) is 0.518. The highest BCUT2D eigenvalue weighted by Gasteiger charge is 2.27. The molecule has 0 aromatic rings. The van der Waals surface area contributed by atoms with Crippen molar-refractivity contribution in [1.82, 2.24) is 10.6 Å². The minimum absolute atomic E-state index is 0.305. The molecule has 0 saturated carbocycles. The molecule has 0 heterocycles. The first-order chi connectivity index (χ1) is 6.35. The van der Waals surface area contributed by atoms with Gasteiger partial charge in [0.2, 0.25) is 0 Å². The van der Waals surface area contributed by atoms with Gasteiger partial charge in [-0.1, -0.05) is 0 Å². The van der Waals surface area contributed by atoms with E-state index in [1.165, 1.54) is 5.32 Å². The van der Waals surface area contributed by atoms with Crippen molar-refractivity contribution in [2.24, 2.45) is 0 Å². The predicted octanol–water partition coefficient (Wildman–Crippen LogP) is -0.799. The third kappa shape index (κ3) is 7.62. The Kier molecular flexibility index (Phi) is 5.24. The van der Waals surface area contributed by atoms with Gasteiger partial charge >= 0.3 is 12.2 Å². The van der Waals surface area contributed by atoms with Gasteiger partial charge in [-0.2, -0.15) is 13.2 Å². The van der Waals surface area contributed by atoms with Gasteiger partial charge in [0.15, 0.2) is 0 Å². The molecule has 14 heavy (non-hydrogen) atoms. The lowest BCUT2D eigenvalue weighted by Gasteiger charge is -2.11. The first kappa shape index (κ1) is 13.0. The minimum atomic E-state index is -4.47. The summed E-state index contributed by atoms with van der Waals surface area (Å²) in [6.45, 7) is -2.31. The van der Waals surface area contributed by atoms with Crippen LogP contribution in [0.3, 0.4) is 0 Å². The van der Waals surface area contributed by atoms with Gasteiger partial charge in [0.05, 0.1) is 12.7 Å². The zero-order chi connectivity index (χ0) is 11.2. The smallest absolute Gasteiger partial charge is 0.394 e. The van der Waals surface area contributed by atoms with Gasteiger partial charge in [-0.3, -0.25) is 0 Å². The first-order valence-electron chi connectivity index (χ1n) is 3.72. The Morgan fingerprint density at radius 1 is 1.36 bits per heavy atom. The summed E-state index contributed by atoms with van der Waals surface area (Å²) >= 11 is 0. The van der Waals surface area contributed by atoms with Gasteiger partial charge in [0.1, 0.15) is 6.54 Å². The highest BCUT2D eigenvalue weighted by Crippen LogP contribution is 2.11. The lowest BCUT2D eigenvalue weighted by molar-refractivity contribution is -0.122. The lowest BCUT2D eigenvalue weighted by Crippen LogP contribution is -2.43. The molecule has 0 aliphatic rings. The van der Waals surface area contributed by atoms with E-state index in [1.807, 2.05) is 5.32 Å². The number of halogens is 3. The van der Waals surface area contributed by atoms with Crippen molar-refractivity contribution < 1.29 is 28.2 Å². The number of hydrogen-bond donors (Lipinski definition) is 4. The molecule has 8 heteroatoms. The highest BCUT2D eigenvalue weighted by molar-refractivity contribution is 5.73. The third-order valence-electron chi connectivity index (χ3n) is 1.16. The number of aliphatic hydroxyl groups is 2. The summed E-state index contributed by atoms with van der Waals surface area (Å²) in [5.41, 5.74) is 0. The van der Waals surface area contributed by atoms with Crippen LogP contribution in [0.25, 0.3) is 0 Å². The van der Waals surface area contributed by atoms with E-state index >= 15 is 0 Å². The monoisotopic (exact) mass is 216 g/mol. The highest BCUT2D eigenvalue weighted by atomic mass is 19.4. The van der Waals surface area contributed by atoms with Crippen LogP contribution in [0.5, 0.6) is 0 Å². The maximum Gasteiger partial charge on any atom is 0.405 e. The van der Waals surface area contributed by atoms with Crippen molar-refractivity contribution in [1.29, 1.82) is 0 Å². The average Bonchev–Trinajstić information content (AvgIpc) is 2.09. The summed E-state index contributed by atoms with van der Waals surface area (Å²) in [6.07, 6.45) is -5.64. The van der Waals surface area contributed by atoms with Crippen molar-refractivity contribution >= 4 is 6.03 Å². The van der Waals surface area contributed by atoms with Gasteiger partial charge < -0.3 is 20.8 Å². The van der Waals surface area contributed by atoms with Crippen LogP contribution in [-0.4, -0.2) is 48.2 Å². The van der Waals surface area contributed by atoms with Crippen LogP contribution in [0.2, 0.25) is 0 Å². The van der Waals surface area contributed by atoms with E-state index in [4.69, 9.17) is 10.2 Å². The van der Waals surface area contributed by atoms with Gasteiger partial charge in [-0.05, 0) is 0 Å². The average molecular weight is 216 g/mol. The molecule has 0 radical (unpaired) electrons. The number of amides is 2. The van der Waals surface area contributed by atoms with Crippen LogP contribution in [0.15, 0.2) is 0 Å². The molecule has 2 amide bonds. The van der Waals surface area contributed by atoms with Crippen LogP contribution in [0.1, 0.15) is 0 Å². The van der Waals surface area contributed by atoms with Gasteiger partial charge in [0, 0.05) is 6.54 Å². The Bertz CT molecular complexity index is 186. The van der Waals surface area contributed by atoms with Crippen LogP contribution >= 0.6 is 0 Å². The molecule has 0 aliphatic heterocycles. The summed E-state index contributed by atoms with van der Waals surface area (Å²) < 4.78 is 34.6. The topological polar surface area (TPSA) is 81.6 Å². The number of nitrogens with one attached hydrogen (secondary N) is 2. The zero-order valence-corrected chi connectivity index (χ0v) is 7.14. The summed E-state index contributed by atoms with van der Waals surface area (Å²) in [7, 11) is 0. The molecule has 0 spiro atoms. The molecule has 0 rings (SSSR count). The molecule has 0 aromatic carbocycles. The predicted molar refractivity (Wildman–Crippen MR) is 40.5 cm³/mol. The number of urea groups is 1. The fourth-order valence-electron chi connectivity index (χ4n) is 0.518. The SMILES string of the molecule is O=C(NCC(O)CO)NCC(F)(F)F. The third-order valence-corrected chi connectivity index (χ3v) is 1.16. The molecule has 0 saturated heterocycles. The Labute approximate surface area is 77.9 Å². The standard InChI is InChI=1S/C6H11F3N2O3/c7-6(8,9)3-11-5(14)10-1-4(13)2-12/h4,12-13H,1-3H2,(H2,10,11,14). The zero-order valence-electron chi connectivity index (χ0n) is 7.14. The molecular weight excluding hydrogens is 205 g/mol. The Hall–Kier alpha value is -1.02. The molecule has 0 aliphatic carbocycles. The van der Waals surface area contributed by atoms with Gasteiger partial charge in [0.25, 0.3) is 0 Å². The molecule has 5 nitrogen and oxygen atoms in total. The van der Waals surface area contributed by atoms with E-state index in [-0.39, 0.29) is 6.54 Å². The molecule has 4 N–H and O–H groups in total. The van der Waals surface area contributed by atoms with Gasteiger partial charge in [-0.25, -0.2) is 4.79 Å². The number of rotatable bonds is 4. The number of hydrogen-bond acceptors (Lipinski definition) is 3. The number of carbonyl (C=O) groups excluding carboxylic acids is 1. The first-order valence-corrected chi connectivity index (χ1v) is 3.72. The Morgan fingerprint density at radius 3 is 2.36 bits per heavy atom. The van der Waals surface area contributed by atoms with Crippen LogP contribution in [0.4, 0.5) is 18.0 Å². The van der Waals surface area contributed by atoms with E-state index in [0.29, 0.717) is 0 Å². The number of carbonyl (C=O) groups is 1. The summed E-state index contributed by atoms with van der Waals surface area (Å²) in [5, 5.41) is 20.5. The second-order valence-corrected chi connectivity index (χ2v) is 2.52. The van der Waals surface area contributed by atoms with E-state index in [1.54, 1.807) is 0 Å². The molecule has 84 valence electrons. The minimum Gasteiger partial charge on any atom is -0.394 e. The molecule has 0 fully saturated rings. The molecule has 1 unspecified atom stereocenters. The summed E-state index contributed by atoms with van der Waals surface area (Å²) in [4.78, 5) is 10.6. The van der Waals surface area contributed by atoms with Crippen molar-refractivity contribution in [3.63, 3.8) is 0 Å². The van der Waals surface area contributed by atoms with Crippen LogP contribution in [-0.2, 0) is 0 Å². The van der Waals surface area contributed by atoms with Crippen molar-refractivity contribution in [2.45, 2.75) is 12.3 Å². The second-order valence-electron chi connectivity index (χ2n) is 2.52. The number of aliphatic hydroxyl groups excluding tert-OH is 2. The van der Waals surface area contributed by atoms with Crippen LogP contribution < -0.4 is 10.6 Å². The normalized spacial score (nSPS) is 13.5. The maximum absolute atomic E-state index is 11.5. The molecular formula is C6H11F3N2O3. The fraction of sp³-hybridized carbons (Fsp3) is 0.833. The second kappa shape index (κ2) is 5.66. The Balaban J connectivity index is 3.57. The quantitative estimate of drug-likeness (QED) is 0.496. The van der Waals surface area contributed by atoms with Crippen molar-refractivity contribution in [3.8, 4) is 0 Å².